The number of likely N-dealkylation sites (N-methyl/N-ethyl adjacent to an activating group) is 1. The zero-order valence-electron chi connectivity index (χ0n) is 14.4. The molecule has 4 nitrogen and oxygen atoms in total. The summed E-state index contributed by atoms with van der Waals surface area (Å²) in [6.07, 6.45) is 4.98. The van der Waals surface area contributed by atoms with Crippen LogP contribution in [-0.4, -0.2) is 54.1 Å². The molecule has 0 aromatic heterocycles. The van der Waals surface area contributed by atoms with E-state index in [4.69, 9.17) is 0 Å². The van der Waals surface area contributed by atoms with Gasteiger partial charge < -0.3 is 9.80 Å². The molecule has 4 heteroatoms. The largest absolute Gasteiger partial charge is 0.324 e. The van der Waals surface area contributed by atoms with Crippen LogP contribution in [0.3, 0.4) is 0 Å². The van der Waals surface area contributed by atoms with Gasteiger partial charge >= 0.3 is 0 Å². The van der Waals surface area contributed by atoms with Crippen LogP contribution >= 0.6 is 0 Å². The number of hydrogen-bond acceptors (Lipinski definition) is 3. The van der Waals surface area contributed by atoms with Crippen molar-refractivity contribution < 1.29 is 4.79 Å². The fourth-order valence-electron chi connectivity index (χ4n) is 3.22. The highest BCUT2D eigenvalue weighted by Gasteiger charge is 2.41. The second-order valence-electron chi connectivity index (χ2n) is 7.42. The van der Waals surface area contributed by atoms with Gasteiger partial charge in [0.1, 0.15) is 0 Å². The molecule has 2 fully saturated rings. The van der Waals surface area contributed by atoms with Gasteiger partial charge in [-0.2, -0.15) is 0 Å². The molecule has 2 rings (SSSR count). The highest BCUT2D eigenvalue weighted by Crippen LogP contribution is 2.26. The van der Waals surface area contributed by atoms with Crippen molar-refractivity contribution in [2.24, 2.45) is 11.8 Å². The molecule has 2 aliphatic rings. The SMILES string of the molecule is CCC(C)C1NC(CC(C)C)N(CCN(C)C2CC2)C1=O. The van der Waals surface area contributed by atoms with Gasteiger partial charge in [-0.05, 0) is 38.1 Å². The minimum Gasteiger partial charge on any atom is -0.324 e. The third kappa shape index (κ3) is 4.19. The average Bonchev–Trinajstić information content (AvgIpc) is 3.23. The predicted octanol–water partition coefficient (Wildman–Crippen LogP) is 2.30. The summed E-state index contributed by atoms with van der Waals surface area (Å²) >= 11 is 0. The summed E-state index contributed by atoms with van der Waals surface area (Å²) in [5.41, 5.74) is 0. The van der Waals surface area contributed by atoms with E-state index < -0.39 is 0 Å². The molecule has 1 amide bonds. The summed E-state index contributed by atoms with van der Waals surface area (Å²) in [5, 5.41) is 3.60. The maximum Gasteiger partial charge on any atom is 0.241 e. The lowest BCUT2D eigenvalue weighted by atomic mass is 9.99. The summed E-state index contributed by atoms with van der Waals surface area (Å²) < 4.78 is 0. The molecule has 0 bridgehead atoms. The molecule has 1 N–H and O–H groups in total. The number of amides is 1. The number of nitrogens with one attached hydrogen (secondary N) is 1. The van der Waals surface area contributed by atoms with Gasteiger partial charge in [-0.3, -0.25) is 10.1 Å². The van der Waals surface area contributed by atoms with Crippen molar-refractivity contribution in [3.63, 3.8) is 0 Å². The predicted molar refractivity (Wildman–Crippen MR) is 87.0 cm³/mol. The van der Waals surface area contributed by atoms with Crippen molar-refractivity contribution in [1.29, 1.82) is 0 Å². The number of rotatable bonds is 8. The Morgan fingerprint density at radius 2 is 2.00 bits per heavy atom. The van der Waals surface area contributed by atoms with Crippen LogP contribution in [-0.2, 0) is 4.79 Å². The van der Waals surface area contributed by atoms with E-state index in [0.717, 1.165) is 32.0 Å². The quantitative estimate of drug-likeness (QED) is 0.746. The normalized spacial score (nSPS) is 28.0. The molecular weight excluding hydrogens is 262 g/mol. The van der Waals surface area contributed by atoms with Crippen LogP contribution in [0.15, 0.2) is 0 Å². The molecule has 1 heterocycles. The first-order valence-corrected chi connectivity index (χ1v) is 8.70. The Balaban J connectivity index is 1.96. The van der Waals surface area contributed by atoms with E-state index in [1.165, 1.54) is 12.8 Å². The van der Waals surface area contributed by atoms with E-state index in [1.54, 1.807) is 0 Å². The lowest BCUT2D eigenvalue weighted by Crippen LogP contribution is -2.42. The summed E-state index contributed by atoms with van der Waals surface area (Å²) in [7, 11) is 2.19. The monoisotopic (exact) mass is 295 g/mol. The van der Waals surface area contributed by atoms with Gasteiger partial charge in [0.05, 0.1) is 12.2 Å². The lowest BCUT2D eigenvalue weighted by Gasteiger charge is -2.27. The van der Waals surface area contributed by atoms with Crippen LogP contribution in [0.5, 0.6) is 0 Å². The van der Waals surface area contributed by atoms with Gasteiger partial charge in [0.25, 0.3) is 0 Å². The molecule has 3 unspecified atom stereocenters. The van der Waals surface area contributed by atoms with Crippen LogP contribution in [0.4, 0.5) is 0 Å². The molecule has 1 saturated carbocycles. The Kier molecular flexibility index (Phi) is 5.67. The van der Waals surface area contributed by atoms with Crippen molar-refractivity contribution in [1.82, 2.24) is 15.1 Å². The van der Waals surface area contributed by atoms with Crippen LogP contribution in [0, 0.1) is 11.8 Å². The van der Waals surface area contributed by atoms with Crippen molar-refractivity contribution in [2.75, 3.05) is 20.1 Å². The van der Waals surface area contributed by atoms with Crippen molar-refractivity contribution >= 4 is 5.91 Å². The smallest absolute Gasteiger partial charge is 0.241 e. The number of carbonyl (C=O) groups is 1. The van der Waals surface area contributed by atoms with E-state index in [-0.39, 0.29) is 12.2 Å². The molecule has 0 radical (unpaired) electrons. The molecule has 1 aliphatic carbocycles. The lowest BCUT2D eigenvalue weighted by molar-refractivity contribution is -0.131. The summed E-state index contributed by atoms with van der Waals surface area (Å²) in [6.45, 7) is 10.7. The van der Waals surface area contributed by atoms with Gasteiger partial charge in [0.15, 0.2) is 0 Å². The molecule has 1 aliphatic heterocycles. The van der Waals surface area contributed by atoms with Crippen LogP contribution in [0.2, 0.25) is 0 Å². The fourth-order valence-corrected chi connectivity index (χ4v) is 3.22. The van der Waals surface area contributed by atoms with Gasteiger partial charge in [0.2, 0.25) is 5.91 Å². The Hall–Kier alpha value is -0.610. The first-order chi connectivity index (χ1) is 9.93. The van der Waals surface area contributed by atoms with Crippen molar-refractivity contribution in [2.45, 2.75) is 71.6 Å². The van der Waals surface area contributed by atoms with E-state index in [2.05, 4.69) is 49.9 Å². The van der Waals surface area contributed by atoms with Gasteiger partial charge in [-0.1, -0.05) is 34.1 Å². The second kappa shape index (κ2) is 7.10. The van der Waals surface area contributed by atoms with Crippen LogP contribution in [0.1, 0.15) is 53.4 Å². The molecule has 1 saturated heterocycles. The molecular formula is C17H33N3O. The maximum atomic E-state index is 12.7. The number of hydrogen-bond donors (Lipinski definition) is 1. The van der Waals surface area contributed by atoms with Crippen LogP contribution in [0.25, 0.3) is 0 Å². The number of nitrogens with zero attached hydrogens (tertiary/aromatic N) is 2. The third-order valence-corrected chi connectivity index (χ3v) is 5.07. The molecule has 21 heavy (non-hydrogen) atoms. The number of carbonyl (C=O) groups excluding carboxylic acids is 1. The zero-order chi connectivity index (χ0) is 15.6. The Labute approximate surface area is 130 Å². The second-order valence-corrected chi connectivity index (χ2v) is 7.42. The van der Waals surface area contributed by atoms with Gasteiger partial charge in [0, 0.05) is 19.1 Å². The molecule has 0 aromatic rings. The molecule has 0 spiro atoms. The van der Waals surface area contributed by atoms with E-state index in [0.29, 0.717) is 17.7 Å². The molecule has 3 atom stereocenters. The summed E-state index contributed by atoms with van der Waals surface area (Å²) in [6, 6.07) is 0.787. The Morgan fingerprint density at radius 3 is 2.52 bits per heavy atom. The Morgan fingerprint density at radius 1 is 1.33 bits per heavy atom. The van der Waals surface area contributed by atoms with Crippen molar-refractivity contribution in [3.05, 3.63) is 0 Å². The van der Waals surface area contributed by atoms with Gasteiger partial charge in [-0.15, -0.1) is 0 Å². The Bertz CT molecular complexity index is 354. The summed E-state index contributed by atoms with van der Waals surface area (Å²) in [5.74, 6) is 1.34. The maximum absolute atomic E-state index is 12.7. The van der Waals surface area contributed by atoms with Crippen molar-refractivity contribution in [3.8, 4) is 0 Å². The first-order valence-electron chi connectivity index (χ1n) is 8.70. The highest BCUT2D eigenvalue weighted by atomic mass is 16.2. The molecule has 122 valence electrons. The minimum absolute atomic E-state index is 0.0185. The standard InChI is InChI=1S/C17H33N3O/c1-6-13(4)16-17(21)20(15(18-16)11-12(2)3)10-9-19(5)14-7-8-14/h12-16,18H,6-11H2,1-5H3. The van der Waals surface area contributed by atoms with E-state index >= 15 is 0 Å². The third-order valence-electron chi connectivity index (χ3n) is 5.07. The topological polar surface area (TPSA) is 35.6 Å². The zero-order valence-corrected chi connectivity index (χ0v) is 14.4. The highest BCUT2D eigenvalue weighted by molar-refractivity contribution is 5.84. The summed E-state index contributed by atoms with van der Waals surface area (Å²) in [4.78, 5) is 17.3. The fraction of sp³-hybridized carbons (Fsp3) is 0.941. The molecule has 0 aromatic carbocycles. The van der Waals surface area contributed by atoms with E-state index in [1.807, 2.05) is 0 Å². The minimum atomic E-state index is 0.0185. The van der Waals surface area contributed by atoms with Crippen LogP contribution < -0.4 is 5.32 Å². The average molecular weight is 295 g/mol. The first kappa shape index (κ1) is 16.8. The van der Waals surface area contributed by atoms with E-state index in [9.17, 15) is 4.79 Å². The van der Waals surface area contributed by atoms with Gasteiger partial charge in [-0.25, -0.2) is 0 Å².